The van der Waals surface area contributed by atoms with E-state index in [9.17, 15) is 4.79 Å². The second-order valence-corrected chi connectivity index (χ2v) is 7.69. The zero-order valence-electron chi connectivity index (χ0n) is 15.9. The smallest absolute Gasteiger partial charge is 0.241 e. The van der Waals surface area contributed by atoms with Crippen LogP contribution in [0.25, 0.3) is 0 Å². The molecule has 2 aliphatic rings. The highest BCUT2D eigenvalue weighted by Gasteiger charge is 2.36. The van der Waals surface area contributed by atoms with E-state index < -0.39 is 0 Å². The Morgan fingerprint density at radius 2 is 1.93 bits per heavy atom. The van der Waals surface area contributed by atoms with Crippen LogP contribution in [0.15, 0.2) is 41.1 Å². The maximum atomic E-state index is 13.4. The molecule has 2 fully saturated rings. The number of hydrazine groups is 1. The Labute approximate surface area is 160 Å². The summed E-state index contributed by atoms with van der Waals surface area (Å²) < 4.78 is 5.73. The molecule has 1 saturated carbocycles. The summed E-state index contributed by atoms with van der Waals surface area (Å²) in [7, 11) is 0. The largest absolute Gasteiger partial charge is 0.465 e. The number of furan rings is 1. The summed E-state index contributed by atoms with van der Waals surface area (Å²) in [6.07, 6.45) is 10.2. The van der Waals surface area contributed by atoms with Gasteiger partial charge in [0.15, 0.2) is 0 Å². The third-order valence-corrected chi connectivity index (χ3v) is 5.71. The number of aryl methyl sites for hydroxylation is 1. The number of pyridine rings is 1. The van der Waals surface area contributed by atoms with Crippen molar-refractivity contribution in [3.63, 3.8) is 0 Å². The predicted octanol–water partition coefficient (Wildman–Crippen LogP) is 3.25. The van der Waals surface area contributed by atoms with Crippen LogP contribution in [0.2, 0.25) is 0 Å². The van der Waals surface area contributed by atoms with Gasteiger partial charge in [0.05, 0.1) is 6.04 Å². The summed E-state index contributed by atoms with van der Waals surface area (Å²) in [5, 5.41) is 0. The lowest BCUT2D eigenvalue weighted by Crippen LogP contribution is -2.49. The molecule has 2 aromatic rings. The van der Waals surface area contributed by atoms with E-state index in [1.165, 1.54) is 19.3 Å². The average Bonchev–Trinajstić information content (AvgIpc) is 3.36. The van der Waals surface area contributed by atoms with Crippen molar-refractivity contribution in [1.29, 1.82) is 0 Å². The molecule has 1 amide bonds. The molecule has 0 radical (unpaired) electrons. The first-order valence-corrected chi connectivity index (χ1v) is 9.97. The van der Waals surface area contributed by atoms with E-state index in [1.807, 2.05) is 31.2 Å². The van der Waals surface area contributed by atoms with E-state index >= 15 is 0 Å². The van der Waals surface area contributed by atoms with Gasteiger partial charge in [-0.25, -0.2) is 10.9 Å². The van der Waals surface area contributed by atoms with Crippen LogP contribution in [-0.4, -0.2) is 27.9 Å². The molecule has 27 heavy (non-hydrogen) atoms. The third-order valence-electron chi connectivity index (χ3n) is 5.71. The van der Waals surface area contributed by atoms with Crippen LogP contribution in [-0.2, 0) is 11.3 Å². The minimum absolute atomic E-state index is 0.0294. The van der Waals surface area contributed by atoms with Gasteiger partial charge in [-0.1, -0.05) is 19.3 Å². The zero-order valence-corrected chi connectivity index (χ0v) is 15.9. The van der Waals surface area contributed by atoms with Crippen molar-refractivity contribution in [2.75, 3.05) is 0 Å². The fraction of sp³-hybridized carbons (Fsp3) is 0.524. The number of nitrogens with one attached hydrogen (secondary N) is 2. The summed E-state index contributed by atoms with van der Waals surface area (Å²) >= 11 is 0. The number of hydrogen-bond acceptors (Lipinski definition) is 5. The van der Waals surface area contributed by atoms with Gasteiger partial charge in [0, 0.05) is 25.0 Å². The second-order valence-electron chi connectivity index (χ2n) is 7.69. The van der Waals surface area contributed by atoms with Gasteiger partial charge < -0.3 is 9.32 Å². The average molecular weight is 368 g/mol. The normalized spacial score (nSPS) is 23.4. The van der Waals surface area contributed by atoms with Crippen LogP contribution in [0.3, 0.4) is 0 Å². The lowest BCUT2D eigenvalue weighted by Gasteiger charge is -2.36. The Bertz CT molecular complexity index is 755. The molecule has 1 saturated heterocycles. The van der Waals surface area contributed by atoms with Crippen molar-refractivity contribution in [3.05, 3.63) is 53.7 Å². The van der Waals surface area contributed by atoms with Crippen LogP contribution in [0, 0.1) is 6.92 Å². The Hall–Kier alpha value is -2.18. The topological polar surface area (TPSA) is 70.4 Å². The van der Waals surface area contributed by atoms with Crippen LogP contribution >= 0.6 is 0 Å². The van der Waals surface area contributed by atoms with E-state index in [0.717, 1.165) is 29.9 Å². The van der Waals surface area contributed by atoms with Gasteiger partial charge in [-0.05, 0) is 56.0 Å². The molecule has 6 heteroatoms. The summed E-state index contributed by atoms with van der Waals surface area (Å²) in [4.78, 5) is 19.6. The number of nitrogens with zero attached hydrogens (tertiary/aromatic N) is 2. The highest BCUT2D eigenvalue weighted by atomic mass is 16.3. The van der Waals surface area contributed by atoms with Crippen LogP contribution in [0.5, 0.6) is 0 Å². The van der Waals surface area contributed by atoms with Crippen LogP contribution < -0.4 is 10.9 Å². The summed E-state index contributed by atoms with van der Waals surface area (Å²) in [6.45, 7) is 2.59. The van der Waals surface area contributed by atoms with Gasteiger partial charge in [0.25, 0.3) is 0 Å². The highest BCUT2D eigenvalue weighted by molar-refractivity contribution is 5.82. The first kappa shape index (κ1) is 18.2. The molecule has 1 aliphatic carbocycles. The molecule has 1 aliphatic heterocycles. The fourth-order valence-electron chi connectivity index (χ4n) is 4.21. The van der Waals surface area contributed by atoms with E-state index in [1.54, 1.807) is 12.4 Å². The Kier molecular flexibility index (Phi) is 5.55. The maximum absolute atomic E-state index is 13.4. The molecule has 0 aromatic carbocycles. The molecular formula is C21H28N4O2. The molecule has 3 heterocycles. The first-order valence-electron chi connectivity index (χ1n) is 9.97. The van der Waals surface area contributed by atoms with Crippen molar-refractivity contribution in [1.82, 2.24) is 20.7 Å². The van der Waals surface area contributed by atoms with Gasteiger partial charge >= 0.3 is 0 Å². The molecular weight excluding hydrogens is 340 g/mol. The number of carbonyl (C=O) groups is 1. The van der Waals surface area contributed by atoms with Crippen molar-refractivity contribution in [2.45, 2.75) is 70.1 Å². The van der Waals surface area contributed by atoms with E-state index in [4.69, 9.17) is 4.42 Å². The molecule has 0 bridgehead atoms. The van der Waals surface area contributed by atoms with Crippen LogP contribution in [0.1, 0.15) is 61.7 Å². The minimum atomic E-state index is -0.232. The Morgan fingerprint density at radius 1 is 1.15 bits per heavy atom. The zero-order chi connectivity index (χ0) is 18.6. The quantitative estimate of drug-likeness (QED) is 0.848. The molecule has 2 N–H and O–H groups in total. The molecule has 144 valence electrons. The van der Waals surface area contributed by atoms with Gasteiger partial charge in [-0.3, -0.25) is 9.78 Å². The third kappa shape index (κ3) is 4.22. The number of carbonyl (C=O) groups excluding carboxylic acids is 1. The second kappa shape index (κ2) is 8.23. The van der Waals surface area contributed by atoms with Gasteiger partial charge in [-0.15, -0.1) is 0 Å². The fourth-order valence-corrected chi connectivity index (χ4v) is 4.21. The Balaban J connectivity index is 1.48. The summed E-state index contributed by atoms with van der Waals surface area (Å²) in [5.41, 5.74) is 7.58. The van der Waals surface area contributed by atoms with E-state index in [0.29, 0.717) is 19.0 Å². The molecule has 2 aromatic heterocycles. The summed E-state index contributed by atoms with van der Waals surface area (Å²) in [6, 6.07) is 8.06. The van der Waals surface area contributed by atoms with Crippen molar-refractivity contribution < 1.29 is 9.21 Å². The Morgan fingerprint density at radius 3 is 2.63 bits per heavy atom. The molecule has 2 atom stereocenters. The van der Waals surface area contributed by atoms with Crippen molar-refractivity contribution in [3.8, 4) is 0 Å². The highest BCUT2D eigenvalue weighted by Crippen LogP contribution is 2.28. The van der Waals surface area contributed by atoms with Crippen molar-refractivity contribution >= 4 is 5.91 Å². The minimum Gasteiger partial charge on any atom is -0.465 e. The first-order chi connectivity index (χ1) is 13.2. The lowest BCUT2D eigenvalue weighted by molar-refractivity contribution is -0.137. The molecule has 0 spiro atoms. The molecule has 6 nitrogen and oxygen atoms in total. The number of rotatable bonds is 5. The maximum Gasteiger partial charge on any atom is 0.241 e. The number of aromatic nitrogens is 1. The molecule has 2 unspecified atom stereocenters. The van der Waals surface area contributed by atoms with Crippen LogP contribution in [0.4, 0.5) is 0 Å². The van der Waals surface area contributed by atoms with Crippen molar-refractivity contribution in [2.24, 2.45) is 0 Å². The van der Waals surface area contributed by atoms with Gasteiger partial charge in [0.2, 0.25) is 5.91 Å². The van der Waals surface area contributed by atoms with E-state index in [2.05, 4.69) is 20.7 Å². The lowest BCUT2D eigenvalue weighted by atomic mass is 9.93. The molecule has 4 rings (SSSR count). The number of amides is 1. The monoisotopic (exact) mass is 368 g/mol. The number of hydrogen-bond donors (Lipinski definition) is 2. The summed E-state index contributed by atoms with van der Waals surface area (Å²) in [5.74, 6) is 1.95. The standard InChI is InChI=1S/C21H28N4O2/c1-15-7-8-20(27-15)18-13-19(24-23-18)21(26)25(17-5-3-2-4-6-17)14-16-9-11-22-12-10-16/h7-12,17-19,23-24H,2-6,13-14H2,1H3. The van der Waals surface area contributed by atoms with Gasteiger partial charge in [0.1, 0.15) is 17.6 Å². The predicted molar refractivity (Wildman–Crippen MR) is 103 cm³/mol. The van der Waals surface area contributed by atoms with E-state index in [-0.39, 0.29) is 18.0 Å². The SMILES string of the molecule is Cc1ccc(C2CC(C(=O)N(Cc3ccncc3)C3CCCCC3)NN2)o1. The van der Waals surface area contributed by atoms with Gasteiger partial charge in [-0.2, -0.15) is 0 Å².